The Labute approximate surface area is 176 Å². The van der Waals surface area contributed by atoms with Crippen molar-refractivity contribution in [3.8, 4) is 0 Å². The summed E-state index contributed by atoms with van der Waals surface area (Å²) in [5.74, 6) is 0.879. The number of carbonyl (C=O) groups excluding carboxylic acids is 1. The number of rotatable bonds is 5. The number of nitrogens with zero attached hydrogens (tertiary/aromatic N) is 2. The summed E-state index contributed by atoms with van der Waals surface area (Å²) in [4.78, 5) is 21.7. The van der Waals surface area contributed by atoms with Crippen LogP contribution >= 0.6 is 0 Å². The van der Waals surface area contributed by atoms with Crippen molar-refractivity contribution in [3.63, 3.8) is 0 Å². The first-order chi connectivity index (χ1) is 14.7. The van der Waals surface area contributed by atoms with Gasteiger partial charge in [0.05, 0.1) is 18.7 Å². The molecule has 0 amide bonds. The van der Waals surface area contributed by atoms with Crippen molar-refractivity contribution >= 4 is 23.2 Å². The summed E-state index contributed by atoms with van der Waals surface area (Å²) in [6, 6.07) is 18.5. The summed E-state index contributed by atoms with van der Waals surface area (Å²) in [5.41, 5.74) is 5.53. The first-order valence-corrected chi connectivity index (χ1v) is 10.6. The van der Waals surface area contributed by atoms with Crippen molar-refractivity contribution in [2.45, 2.75) is 37.8 Å². The molecule has 0 bridgehead atoms. The molecule has 3 unspecified atom stereocenters. The van der Waals surface area contributed by atoms with Gasteiger partial charge in [0.2, 0.25) is 0 Å². The van der Waals surface area contributed by atoms with E-state index in [1.165, 1.54) is 18.2 Å². The molecule has 0 saturated heterocycles. The maximum absolute atomic E-state index is 12.0. The molecule has 2 aliphatic carbocycles. The normalized spacial score (nSPS) is 24.7. The van der Waals surface area contributed by atoms with Gasteiger partial charge in [0.25, 0.3) is 0 Å². The van der Waals surface area contributed by atoms with E-state index in [1.54, 1.807) is 0 Å². The second kappa shape index (κ2) is 7.90. The van der Waals surface area contributed by atoms with Crippen molar-refractivity contribution in [2.75, 3.05) is 12.4 Å². The number of allylic oxidation sites excluding steroid dienone is 1. The zero-order chi connectivity index (χ0) is 20.5. The molecule has 0 spiro atoms. The Hall–Kier alpha value is -3.21. The number of aliphatic imine (C=N–C) groups is 2. The monoisotopic (exact) mass is 399 g/mol. The van der Waals surface area contributed by atoms with Gasteiger partial charge in [-0.25, -0.2) is 9.98 Å². The molecule has 1 fully saturated rings. The lowest BCUT2D eigenvalue weighted by molar-refractivity contribution is -0.149. The fourth-order valence-electron chi connectivity index (χ4n) is 4.55. The number of fused-ring (bicyclic) bond motifs is 1. The van der Waals surface area contributed by atoms with E-state index in [0.29, 0.717) is 0 Å². The summed E-state index contributed by atoms with van der Waals surface area (Å²) < 4.78 is 4.97. The van der Waals surface area contributed by atoms with Crippen molar-refractivity contribution in [1.29, 1.82) is 0 Å². The van der Waals surface area contributed by atoms with Crippen LogP contribution in [0, 0.1) is 5.92 Å². The first kappa shape index (κ1) is 18.8. The maximum atomic E-state index is 12.0. The van der Waals surface area contributed by atoms with E-state index in [-0.39, 0.29) is 24.0 Å². The molecule has 152 valence electrons. The average molecular weight is 399 g/mol. The van der Waals surface area contributed by atoms with E-state index in [2.05, 4.69) is 29.6 Å². The van der Waals surface area contributed by atoms with Crippen molar-refractivity contribution in [2.24, 2.45) is 15.9 Å². The number of methoxy groups -OCH3 is 1. The zero-order valence-corrected chi connectivity index (χ0v) is 17.0. The number of hydrogen-bond acceptors (Lipinski definition) is 5. The molecule has 5 rings (SSSR count). The lowest BCUT2D eigenvalue weighted by atomic mass is 9.70. The van der Waals surface area contributed by atoms with Crippen LogP contribution in [0.15, 0.2) is 76.2 Å². The van der Waals surface area contributed by atoms with Crippen LogP contribution in [0.4, 0.5) is 5.69 Å². The highest BCUT2D eigenvalue weighted by atomic mass is 16.5. The Morgan fingerprint density at radius 3 is 2.73 bits per heavy atom. The van der Waals surface area contributed by atoms with Gasteiger partial charge < -0.3 is 10.1 Å². The minimum atomic E-state index is -0.150. The van der Waals surface area contributed by atoms with E-state index < -0.39 is 0 Å². The van der Waals surface area contributed by atoms with Crippen LogP contribution < -0.4 is 5.32 Å². The Bertz CT molecular complexity index is 1060. The number of ether oxygens (including phenoxy) is 1. The van der Waals surface area contributed by atoms with Crippen LogP contribution in [0.1, 0.15) is 42.7 Å². The quantitative estimate of drug-likeness (QED) is 0.741. The largest absolute Gasteiger partial charge is 0.469 e. The smallest absolute Gasteiger partial charge is 0.309 e. The highest BCUT2D eigenvalue weighted by Gasteiger charge is 2.38. The van der Waals surface area contributed by atoms with Crippen molar-refractivity contribution in [1.82, 2.24) is 0 Å². The number of amidine groups is 1. The fourth-order valence-corrected chi connectivity index (χ4v) is 4.55. The molecule has 1 aliphatic heterocycles. The van der Waals surface area contributed by atoms with Crippen LogP contribution in [0.5, 0.6) is 0 Å². The van der Waals surface area contributed by atoms with Crippen molar-refractivity contribution in [3.05, 3.63) is 77.4 Å². The molecular weight excluding hydrogens is 374 g/mol. The molecule has 0 aromatic heterocycles. The lowest BCUT2D eigenvalue weighted by Gasteiger charge is -2.35. The Morgan fingerprint density at radius 1 is 1.10 bits per heavy atom. The van der Waals surface area contributed by atoms with Gasteiger partial charge in [-0.15, -0.1) is 0 Å². The number of anilines is 1. The number of hydrogen-bond donors (Lipinski definition) is 1. The standard InChI is InChI=1S/C25H25N3O2/c1-30-25(29)20-14-13-19(20)17-9-5-10-18(15-17)26-24-21-11-6-12-22(21)27-23(28-24)16-7-3-2-4-8-16/h2-5,7-11,15,19-20,24,26H,6,12-14H2,1H3. The molecule has 1 saturated carbocycles. The molecule has 3 atom stereocenters. The van der Waals surface area contributed by atoms with Crippen LogP contribution in [0.25, 0.3) is 0 Å². The second-order valence-corrected chi connectivity index (χ2v) is 8.06. The molecule has 0 radical (unpaired) electrons. The number of carbonyl (C=O) groups is 1. The predicted octanol–water partition coefficient (Wildman–Crippen LogP) is 4.71. The Kier molecular flexibility index (Phi) is 4.95. The number of benzene rings is 2. The summed E-state index contributed by atoms with van der Waals surface area (Å²) in [6.45, 7) is 0. The third kappa shape index (κ3) is 3.45. The molecule has 5 nitrogen and oxygen atoms in total. The van der Waals surface area contributed by atoms with Gasteiger partial charge in [-0.05, 0) is 49.3 Å². The van der Waals surface area contributed by atoms with Gasteiger partial charge in [0, 0.05) is 16.8 Å². The molecule has 2 aromatic carbocycles. The third-order valence-electron chi connectivity index (χ3n) is 6.29. The van der Waals surface area contributed by atoms with Crippen LogP contribution in [0.3, 0.4) is 0 Å². The molecule has 1 N–H and O–H groups in total. The highest BCUT2D eigenvalue weighted by molar-refractivity contribution is 6.16. The van der Waals surface area contributed by atoms with E-state index in [9.17, 15) is 4.79 Å². The molecule has 30 heavy (non-hydrogen) atoms. The van der Waals surface area contributed by atoms with E-state index in [0.717, 1.165) is 48.5 Å². The lowest BCUT2D eigenvalue weighted by Crippen LogP contribution is -2.32. The van der Waals surface area contributed by atoms with Crippen LogP contribution in [0.2, 0.25) is 0 Å². The van der Waals surface area contributed by atoms with E-state index in [4.69, 9.17) is 14.7 Å². The molecule has 2 aromatic rings. The Morgan fingerprint density at radius 2 is 1.97 bits per heavy atom. The van der Waals surface area contributed by atoms with Gasteiger partial charge >= 0.3 is 5.97 Å². The first-order valence-electron chi connectivity index (χ1n) is 10.6. The predicted molar refractivity (Wildman–Crippen MR) is 119 cm³/mol. The maximum Gasteiger partial charge on any atom is 0.309 e. The summed E-state index contributed by atoms with van der Waals surface area (Å²) in [5, 5.41) is 3.60. The minimum absolute atomic E-state index is 0.0288. The number of nitrogens with one attached hydrogen (secondary N) is 1. The number of esters is 1. The molecule has 5 heteroatoms. The van der Waals surface area contributed by atoms with Gasteiger partial charge in [-0.1, -0.05) is 48.5 Å². The van der Waals surface area contributed by atoms with Crippen LogP contribution in [-0.2, 0) is 9.53 Å². The topological polar surface area (TPSA) is 63.0 Å². The molecular formula is C25H25N3O2. The van der Waals surface area contributed by atoms with E-state index in [1.807, 2.05) is 36.4 Å². The Balaban J connectivity index is 1.40. The third-order valence-corrected chi connectivity index (χ3v) is 6.29. The summed E-state index contributed by atoms with van der Waals surface area (Å²) >= 11 is 0. The molecule has 1 heterocycles. The minimum Gasteiger partial charge on any atom is -0.469 e. The average Bonchev–Trinajstić information content (AvgIpc) is 3.23. The van der Waals surface area contributed by atoms with Gasteiger partial charge in [0.1, 0.15) is 6.17 Å². The zero-order valence-electron chi connectivity index (χ0n) is 17.0. The van der Waals surface area contributed by atoms with Crippen LogP contribution in [-0.4, -0.2) is 30.8 Å². The summed E-state index contributed by atoms with van der Waals surface area (Å²) in [6.07, 6.45) is 5.98. The highest BCUT2D eigenvalue weighted by Crippen LogP contribution is 2.43. The van der Waals surface area contributed by atoms with E-state index >= 15 is 0 Å². The summed E-state index contributed by atoms with van der Waals surface area (Å²) in [7, 11) is 1.47. The molecule has 3 aliphatic rings. The van der Waals surface area contributed by atoms with Gasteiger partial charge in [-0.2, -0.15) is 0 Å². The van der Waals surface area contributed by atoms with Gasteiger partial charge in [-0.3, -0.25) is 4.79 Å². The second-order valence-electron chi connectivity index (χ2n) is 8.06. The fraction of sp³-hybridized carbons (Fsp3) is 0.320. The van der Waals surface area contributed by atoms with Gasteiger partial charge in [0.15, 0.2) is 5.84 Å². The SMILES string of the molecule is COC(=O)C1CCC1c1cccc(NC2N=C(c3ccccc3)N=C3CCC=C32)c1. The van der Waals surface area contributed by atoms with Crippen molar-refractivity contribution < 1.29 is 9.53 Å².